The van der Waals surface area contributed by atoms with Crippen LogP contribution in [0.2, 0.25) is 0 Å². The summed E-state index contributed by atoms with van der Waals surface area (Å²) < 4.78 is 0. The molecule has 0 rings (SSSR count). The molecule has 0 aliphatic carbocycles. The maximum Gasteiger partial charge on any atom is 0.144 e. The minimum absolute atomic E-state index is 0.586. The fraction of sp³-hybridized carbons (Fsp3) is 0.667. The molecule has 0 saturated heterocycles. The molecule has 0 radical (unpaired) electrons. The second kappa shape index (κ2) is 3.27. The van der Waals surface area contributed by atoms with Crippen molar-refractivity contribution in [2.45, 2.75) is 6.92 Å². The highest BCUT2D eigenvalue weighted by Crippen LogP contribution is 1.73. The summed E-state index contributed by atoms with van der Waals surface area (Å²) in [5.41, 5.74) is 0. The van der Waals surface area contributed by atoms with Crippen LogP contribution in [0.4, 0.5) is 0 Å². The van der Waals surface area contributed by atoms with Gasteiger partial charge in [-0.15, -0.1) is 5.11 Å². The second-order valence-electron chi connectivity index (χ2n) is 0.986. The number of hydrogen-bond donors (Lipinski definition) is 1. The standard InChI is InChI=1S/C3H8N4/c1-3(5-2)6-7-4/h1-2H3,(H2,4,5,6). The summed E-state index contributed by atoms with van der Waals surface area (Å²) in [7, 11) is 1.63. The quantitative estimate of drug-likeness (QED) is 0.154. The molecule has 2 N–H and O–H groups in total. The van der Waals surface area contributed by atoms with Gasteiger partial charge in [-0.2, -0.15) is 0 Å². The first-order chi connectivity index (χ1) is 3.31. The van der Waals surface area contributed by atoms with Gasteiger partial charge in [-0.1, -0.05) is 5.22 Å². The van der Waals surface area contributed by atoms with Crippen molar-refractivity contribution in [3.63, 3.8) is 0 Å². The van der Waals surface area contributed by atoms with Crippen molar-refractivity contribution < 1.29 is 0 Å². The molecule has 0 aliphatic heterocycles. The molecule has 0 aromatic heterocycles. The Kier molecular flexibility index (Phi) is 2.83. The van der Waals surface area contributed by atoms with Crippen LogP contribution in [0, 0.1) is 0 Å². The van der Waals surface area contributed by atoms with Crippen molar-refractivity contribution in [3.05, 3.63) is 0 Å². The maximum absolute atomic E-state index is 4.68. The van der Waals surface area contributed by atoms with Crippen LogP contribution in [0.5, 0.6) is 0 Å². The van der Waals surface area contributed by atoms with Gasteiger partial charge in [0.1, 0.15) is 5.84 Å². The fourth-order valence-electron chi connectivity index (χ4n) is 0.128. The average molecular weight is 100 g/mol. The zero-order valence-corrected chi connectivity index (χ0v) is 4.42. The third kappa shape index (κ3) is 2.88. The lowest BCUT2D eigenvalue weighted by molar-refractivity contribution is 1.07. The molecule has 0 unspecified atom stereocenters. The lowest BCUT2D eigenvalue weighted by Gasteiger charge is -1.78. The molecule has 0 saturated carbocycles. The van der Waals surface area contributed by atoms with Gasteiger partial charge in [0.25, 0.3) is 0 Å². The van der Waals surface area contributed by atoms with Crippen LogP contribution < -0.4 is 5.84 Å². The van der Waals surface area contributed by atoms with Gasteiger partial charge in [-0.25, -0.2) is 0 Å². The Morgan fingerprint density at radius 1 is 1.57 bits per heavy atom. The van der Waals surface area contributed by atoms with Gasteiger partial charge in [-0.05, 0) is 6.92 Å². The summed E-state index contributed by atoms with van der Waals surface area (Å²) in [4.78, 5) is 3.65. The summed E-state index contributed by atoms with van der Waals surface area (Å²) in [5, 5.41) is 6.40. The smallest absolute Gasteiger partial charge is 0.144 e. The lowest BCUT2D eigenvalue weighted by Crippen LogP contribution is -1.84. The Labute approximate surface area is 42.1 Å². The van der Waals surface area contributed by atoms with Crippen molar-refractivity contribution in [1.82, 2.24) is 0 Å². The van der Waals surface area contributed by atoms with Crippen molar-refractivity contribution >= 4 is 5.84 Å². The zero-order chi connectivity index (χ0) is 5.70. The van der Waals surface area contributed by atoms with Gasteiger partial charge in [-0.3, -0.25) is 4.99 Å². The van der Waals surface area contributed by atoms with E-state index in [9.17, 15) is 0 Å². The summed E-state index contributed by atoms with van der Waals surface area (Å²) in [6.45, 7) is 1.72. The van der Waals surface area contributed by atoms with Crippen molar-refractivity contribution in [2.75, 3.05) is 7.05 Å². The minimum atomic E-state index is 0.586. The maximum atomic E-state index is 4.68. The first kappa shape index (κ1) is 6.07. The number of nitrogens with zero attached hydrogens (tertiary/aromatic N) is 3. The van der Waals surface area contributed by atoms with Gasteiger partial charge in [0.05, 0.1) is 0 Å². The molecule has 0 amide bonds. The normalized spacial score (nSPS) is 13.1. The Hall–Kier alpha value is -0.930. The van der Waals surface area contributed by atoms with Crippen LogP contribution in [-0.4, -0.2) is 12.9 Å². The van der Waals surface area contributed by atoms with Gasteiger partial charge in [0.15, 0.2) is 0 Å². The van der Waals surface area contributed by atoms with Crippen LogP contribution in [0.15, 0.2) is 15.3 Å². The van der Waals surface area contributed by atoms with Crippen molar-refractivity contribution in [3.8, 4) is 0 Å². The Morgan fingerprint density at radius 2 is 2.14 bits per heavy atom. The molecular weight excluding hydrogens is 92.1 g/mol. The predicted molar refractivity (Wildman–Crippen MR) is 28.1 cm³/mol. The minimum Gasteiger partial charge on any atom is -0.305 e. The van der Waals surface area contributed by atoms with E-state index in [0.29, 0.717) is 5.84 Å². The highest BCUT2D eigenvalue weighted by atomic mass is 15.3. The third-order valence-corrected chi connectivity index (χ3v) is 0.526. The molecule has 0 aromatic rings. The second-order valence-corrected chi connectivity index (χ2v) is 0.986. The summed E-state index contributed by atoms with van der Waals surface area (Å²) in [6, 6.07) is 0. The molecule has 0 spiro atoms. The van der Waals surface area contributed by atoms with E-state index in [4.69, 9.17) is 0 Å². The Bertz CT molecular complexity index is 93.1. The average Bonchev–Trinajstić information content (AvgIpc) is 1.68. The van der Waals surface area contributed by atoms with Crippen LogP contribution >= 0.6 is 0 Å². The molecular formula is C3H8N4. The van der Waals surface area contributed by atoms with Crippen LogP contribution in [0.1, 0.15) is 6.92 Å². The van der Waals surface area contributed by atoms with Gasteiger partial charge < -0.3 is 5.84 Å². The van der Waals surface area contributed by atoms with Gasteiger partial charge in [0.2, 0.25) is 0 Å². The van der Waals surface area contributed by atoms with E-state index in [1.165, 1.54) is 0 Å². The molecule has 7 heavy (non-hydrogen) atoms. The molecule has 0 aliphatic rings. The number of hydrogen-bond acceptors (Lipinski definition) is 2. The monoisotopic (exact) mass is 100 g/mol. The Balaban J connectivity index is 3.58. The van der Waals surface area contributed by atoms with E-state index in [0.717, 1.165) is 0 Å². The van der Waals surface area contributed by atoms with E-state index in [1.54, 1.807) is 14.0 Å². The van der Waals surface area contributed by atoms with E-state index in [2.05, 4.69) is 21.2 Å². The van der Waals surface area contributed by atoms with Gasteiger partial charge in [0, 0.05) is 7.05 Å². The molecule has 0 aromatic carbocycles. The molecule has 0 atom stereocenters. The number of nitrogens with two attached hydrogens (primary N) is 1. The molecule has 0 fully saturated rings. The molecule has 0 bridgehead atoms. The molecule has 0 heterocycles. The number of amidine groups is 1. The largest absolute Gasteiger partial charge is 0.305 e. The van der Waals surface area contributed by atoms with E-state index in [1.807, 2.05) is 0 Å². The topological polar surface area (TPSA) is 63.1 Å². The predicted octanol–water partition coefficient (Wildman–Crippen LogP) is 0.361. The summed E-state index contributed by atoms with van der Waals surface area (Å²) in [5.74, 6) is 5.27. The van der Waals surface area contributed by atoms with Crippen LogP contribution in [0.25, 0.3) is 0 Å². The number of aliphatic imine (C=N–C) groups is 1. The van der Waals surface area contributed by atoms with E-state index >= 15 is 0 Å². The lowest BCUT2D eigenvalue weighted by atomic mass is 10.7. The van der Waals surface area contributed by atoms with Crippen LogP contribution in [0.3, 0.4) is 0 Å². The highest BCUT2D eigenvalue weighted by Gasteiger charge is 1.74. The fourth-order valence-corrected chi connectivity index (χ4v) is 0.128. The van der Waals surface area contributed by atoms with Crippen LogP contribution in [-0.2, 0) is 0 Å². The van der Waals surface area contributed by atoms with Gasteiger partial charge >= 0.3 is 0 Å². The number of rotatable bonds is 0. The first-order valence-corrected chi connectivity index (χ1v) is 1.85. The van der Waals surface area contributed by atoms with Crippen molar-refractivity contribution in [1.29, 1.82) is 0 Å². The molecule has 4 nitrogen and oxygen atoms in total. The SMILES string of the molecule is C/N=C(C)\N=N/N. The molecule has 4 heteroatoms. The Morgan fingerprint density at radius 3 is 2.29 bits per heavy atom. The van der Waals surface area contributed by atoms with E-state index < -0.39 is 0 Å². The summed E-state index contributed by atoms with van der Waals surface area (Å²) >= 11 is 0. The van der Waals surface area contributed by atoms with E-state index in [-0.39, 0.29) is 0 Å². The third-order valence-electron chi connectivity index (χ3n) is 0.526. The first-order valence-electron chi connectivity index (χ1n) is 1.85. The zero-order valence-electron chi connectivity index (χ0n) is 4.42. The highest BCUT2D eigenvalue weighted by molar-refractivity contribution is 5.79. The van der Waals surface area contributed by atoms with Crippen molar-refractivity contribution in [2.24, 2.45) is 21.2 Å². The summed E-state index contributed by atoms with van der Waals surface area (Å²) in [6.07, 6.45) is 0. The molecule has 40 valence electrons.